The van der Waals surface area contributed by atoms with Crippen molar-refractivity contribution in [2.24, 2.45) is 0 Å². The third-order valence-electron chi connectivity index (χ3n) is 4.80. The van der Waals surface area contributed by atoms with Crippen LogP contribution < -0.4 is 4.74 Å². The Morgan fingerprint density at radius 3 is 2.59 bits per heavy atom. The predicted octanol–water partition coefficient (Wildman–Crippen LogP) is 6.27. The van der Waals surface area contributed by atoms with E-state index in [4.69, 9.17) is 21.3 Å². The monoisotopic (exact) mass is 418 g/mol. The van der Waals surface area contributed by atoms with Gasteiger partial charge in [-0.15, -0.1) is 11.3 Å². The van der Waals surface area contributed by atoms with Crippen molar-refractivity contribution in [3.63, 3.8) is 0 Å². The van der Waals surface area contributed by atoms with Crippen molar-refractivity contribution >= 4 is 50.0 Å². The molecule has 0 saturated carbocycles. The van der Waals surface area contributed by atoms with Gasteiger partial charge in [-0.25, -0.2) is 4.98 Å². The molecule has 0 fully saturated rings. The molecule has 2 aromatic heterocycles. The maximum atomic E-state index is 13.5. The lowest BCUT2D eigenvalue weighted by Crippen LogP contribution is -2.13. The highest BCUT2D eigenvalue weighted by Crippen LogP contribution is 2.35. The second-order valence-electron chi connectivity index (χ2n) is 6.59. The third kappa shape index (κ3) is 3.09. The second kappa shape index (κ2) is 7.03. The Hall–Kier alpha value is -3.15. The molecule has 0 bridgehead atoms. The summed E-state index contributed by atoms with van der Waals surface area (Å²) in [6, 6.07) is 22.7. The van der Waals surface area contributed by atoms with Crippen LogP contribution in [-0.2, 0) is 0 Å². The van der Waals surface area contributed by atoms with E-state index in [1.165, 1.54) is 0 Å². The van der Waals surface area contributed by atoms with Crippen LogP contribution in [0.5, 0.6) is 5.75 Å². The van der Waals surface area contributed by atoms with Gasteiger partial charge in [0.2, 0.25) is 0 Å². The minimum Gasteiger partial charge on any atom is -0.497 e. The minimum atomic E-state index is -0.148. The van der Waals surface area contributed by atoms with Gasteiger partial charge in [-0.3, -0.25) is 9.36 Å². The Bertz CT molecular complexity index is 1340. The summed E-state index contributed by atoms with van der Waals surface area (Å²) in [6.45, 7) is 0. The fourth-order valence-corrected chi connectivity index (χ4v) is 4.59. The fourth-order valence-electron chi connectivity index (χ4n) is 3.38. The number of methoxy groups -OCH3 is 1. The van der Waals surface area contributed by atoms with Gasteiger partial charge in [0.15, 0.2) is 5.82 Å². The molecule has 5 rings (SSSR count). The van der Waals surface area contributed by atoms with Gasteiger partial charge >= 0.3 is 0 Å². The number of carbonyl (C=O) groups excluding carboxylic acids is 1. The van der Waals surface area contributed by atoms with Crippen LogP contribution in [0.1, 0.15) is 10.4 Å². The van der Waals surface area contributed by atoms with Crippen LogP contribution in [-0.4, -0.2) is 22.6 Å². The van der Waals surface area contributed by atoms with Crippen molar-refractivity contribution in [1.29, 1.82) is 0 Å². The Morgan fingerprint density at radius 1 is 1.03 bits per heavy atom. The fraction of sp³-hybridized carbons (Fsp3) is 0.0435. The van der Waals surface area contributed by atoms with Gasteiger partial charge in [0.1, 0.15) is 5.75 Å². The molecule has 2 heterocycles. The first-order valence-corrected chi connectivity index (χ1v) is 10.2. The number of fused-ring (bicyclic) bond motifs is 2. The average Bonchev–Trinajstić information content (AvgIpc) is 3.34. The van der Waals surface area contributed by atoms with Gasteiger partial charge in [0, 0.05) is 15.3 Å². The van der Waals surface area contributed by atoms with Gasteiger partial charge < -0.3 is 4.74 Å². The number of hydrogen-bond acceptors (Lipinski definition) is 4. The van der Waals surface area contributed by atoms with Crippen molar-refractivity contribution in [3.8, 4) is 16.5 Å². The van der Waals surface area contributed by atoms with Crippen LogP contribution in [0.2, 0.25) is 5.02 Å². The number of aromatic nitrogens is 2. The van der Waals surface area contributed by atoms with Crippen LogP contribution in [0.25, 0.3) is 31.8 Å². The highest BCUT2D eigenvalue weighted by atomic mass is 35.5. The molecule has 3 aromatic carbocycles. The lowest BCUT2D eigenvalue weighted by Gasteiger charge is -2.08. The minimum absolute atomic E-state index is 0.148. The Kier molecular flexibility index (Phi) is 4.34. The summed E-state index contributed by atoms with van der Waals surface area (Å²) >= 11 is 7.79. The van der Waals surface area contributed by atoms with E-state index in [1.807, 2.05) is 18.2 Å². The standard InChI is InChI=1S/C23H15ClN2O2S/c1-28-17-9-6-14(7-10-17)23(27)26-19-11-8-16(24)13-18(19)25-22(26)21-12-15-4-2-3-5-20(15)29-21/h2-13H,1H3. The first-order valence-electron chi connectivity index (χ1n) is 9.00. The highest BCUT2D eigenvalue weighted by Gasteiger charge is 2.21. The van der Waals surface area contributed by atoms with Gasteiger partial charge in [-0.05, 0) is 60.0 Å². The van der Waals surface area contributed by atoms with Gasteiger partial charge in [0.25, 0.3) is 5.91 Å². The summed E-state index contributed by atoms with van der Waals surface area (Å²) in [5, 5.41) is 1.71. The lowest BCUT2D eigenvalue weighted by atomic mass is 10.2. The molecule has 0 aliphatic carbocycles. The number of carbonyl (C=O) groups is 1. The van der Waals surface area contributed by atoms with Crippen molar-refractivity contribution < 1.29 is 9.53 Å². The molecule has 0 radical (unpaired) electrons. The van der Waals surface area contributed by atoms with E-state index in [0.717, 1.165) is 20.5 Å². The summed E-state index contributed by atoms with van der Waals surface area (Å²) in [5.41, 5.74) is 1.97. The number of rotatable bonds is 3. The van der Waals surface area contributed by atoms with Crippen molar-refractivity contribution in [3.05, 3.63) is 83.4 Å². The van der Waals surface area contributed by atoms with Crippen LogP contribution in [0.15, 0.2) is 72.8 Å². The first kappa shape index (κ1) is 17.9. The number of ether oxygens (including phenoxy) is 1. The predicted molar refractivity (Wildman–Crippen MR) is 118 cm³/mol. The molecule has 142 valence electrons. The maximum Gasteiger partial charge on any atom is 0.264 e. The maximum absolute atomic E-state index is 13.5. The van der Waals surface area contributed by atoms with Gasteiger partial charge in [0.05, 0.1) is 23.0 Å². The first-order chi connectivity index (χ1) is 14.1. The summed E-state index contributed by atoms with van der Waals surface area (Å²) in [7, 11) is 1.60. The van der Waals surface area contributed by atoms with Gasteiger partial charge in [-0.2, -0.15) is 0 Å². The zero-order valence-electron chi connectivity index (χ0n) is 15.4. The lowest BCUT2D eigenvalue weighted by molar-refractivity contribution is 0.0966. The molecule has 29 heavy (non-hydrogen) atoms. The van der Waals surface area contributed by atoms with Gasteiger partial charge in [-0.1, -0.05) is 29.8 Å². The number of imidazole rings is 1. The van der Waals surface area contributed by atoms with Crippen molar-refractivity contribution in [2.45, 2.75) is 0 Å². The van der Waals surface area contributed by atoms with E-state index in [-0.39, 0.29) is 5.91 Å². The molecule has 0 saturated heterocycles. The zero-order valence-corrected chi connectivity index (χ0v) is 17.0. The Labute approximate surface area is 175 Å². The zero-order chi connectivity index (χ0) is 20.0. The van der Waals surface area contributed by atoms with E-state index in [0.29, 0.717) is 27.7 Å². The van der Waals surface area contributed by atoms with E-state index in [2.05, 4.69) is 18.2 Å². The molecular weight excluding hydrogens is 404 g/mol. The van der Waals surface area contributed by atoms with Crippen LogP contribution in [0.3, 0.4) is 0 Å². The average molecular weight is 419 g/mol. The smallest absolute Gasteiger partial charge is 0.264 e. The van der Waals surface area contributed by atoms with Crippen molar-refractivity contribution in [1.82, 2.24) is 9.55 Å². The number of thiophene rings is 1. The number of benzene rings is 3. The topological polar surface area (TPSA) is 44.1 Å². The van der Waals surface area contributed by atoms with Crippen LogP contribution >= 0.6 is 22.9 Å². The molecule has 6 heteroatoms. The number of nitrogens with zero attached hydrogens (tertiary/aromatic N) is 2. The third-order valence-corrected chi connectivity index (χ3v) is 6.15. The molecule has 5 aromatic rings. The van der Waals surface area contributed by atoms with E-state index in [9.17, 15) is 4.79 Å². The Morgan fingerprint density at radius 2 is 1.83 bits per heavy atom. The van der Waals surface area contributed by atoms with Crippen LogP contribution in [0.4, 0.5) is 0 Å². The molecule has 0 spiro atoms. The molecule has 4 nitrogen and oxygen atoms in total. The van der Waals surface area contributed by atoms with E-state index in [1.54, 1.807) is 59.4 Å². The molecule has 0 amide bonds. The molecule has 0 aliphatic rings. The quantitative estimate of drug-likeness (QED) is 0.347. The van der Waals surface area contributed by atoms with E-state index < -0.39 is 0 Å². The molecular formula is C23H15ClN2O2S. The molecule has 0 aliphatic heterocycles. The molecule has 0 atom stereocenters. The SMILES string of the molecule is COc1ccc(C(=O)n2c(-c3cc4ccccc4s3)nc3cc(Cl)ccc32)cc1. The normalized spacial score (nSPS) is 11.2. The second-order valence-corrected chi connectivity index (χ2v) is 8.11. The molecule has 0 unspecified atom stereocenters. The van der Waals surface area contributed by atoms with E-state index >= 15 is 0 Å². The van der Waals surface area contributed by atoms with Crippen molar-refractivity contribution in [2.75, 3.05) is 7.11 Å². The summed E-state index contributed by atoms with van der Waals surface area (Å²) in [5.74, 6) is 1.17. The van der Waals surface area contributed by atoms with Crippen LogP contribution in [0, 0.1) is 0 Å². The Balaban J connectivity index is 1.73. The summed E-state index contributed by atoms with van der Waals surface area (Å²) in [6.07, 6.45) is 0. The summed E-state index contributed by atoms with van der Waals surface area (Å²) in [4.78, 5) is 19.2. The molecule has 0 N–H and O–H groups in total. The summed E-state index contributed by atoms with van der Waals surface area (Å²) < 4.78 is 8.02. The highest BCUT2D eigenvalue weighted by molar-refractivity contribution is 7.22. The number of halogens is 1. The number of hydrogen-bond donors (Lipinski definition) is 0. The largest absolute Gasteiger partial charge is 0.497 e.